The van der Waals surface area contributed by atoms with Gasteiger partial charge in [-0.3, -0.25) is 18.7 Å². The van der Waals surface area contributed by atoms with E-state index in [1.165, 1.54) is 26.2 Å². The first kappa shape index (κ1) is 21.9. The molecule has 0 saturated carbocycles. The number of hydrogen-bond donors (Lipinski definition) is 1. The number of nitrogens with zero attached hydrogens (tertiary/aromatic N) is 3. The molecule has 3 aromatic heterocycles. The molecule has 8 nitrogen and oxygen atoms in total. The molecule has 4 aromatic rings. The average Bonchev–Trinajstić information content (AvgIpc) is 3.35. The van der Waals surface area contributed by atoms with Crippen molar-refractivity contribution >= 4 is 45.1 Å². The van der Waals surface area contributed by atoms with Crippen LogP contribution in [0.1, 0.15) is 11.1 Å². The minimum absolute atomic E-state index is 0.0304. The van der Waals surface area contributed by atoms with Crippen molar-refractivity contribution < 1.29 is 18.0 Å². The maximum absolute atomic E-state index is 13.7. The summed E-state index contributed by atoms with van der Waals surface area (Å²) in [4.78, 5) is 41.4. The Bertz CT molecular complexity index is 1490. The van der Waals surface area contributed by atoms with E-state index in [4.69, 9.17) is 16.0 Å². The highest BCUT2D eigenvalue weighted by molar-refractivity contribution is 7.14. The molecule has 32 heavy (non-hydrogen) atoms. The lowest BCUT2D eigenvalue weighted by atomic mass is 10.1. The number of furan rings is 1. The normalized spacial score (nSPS) is 11.3. The predicted octanol–water partition coefficient (Wildman–Crippen LogP) is 3.40. The van der Waals surface area contributed by atoms with Crippen LogP contribution in [-0.2, 0) is 32.0 Å². The number of carbonyl (C=O) groups is 1. The van der Waals surface area contributed by atoms with Gasteiger partial charge in [-0.2, -0.15) is 0 Å². The van der Waals surface area contributed by atoms with E-state index in [1.807, 2.05) is 0 Å². The van der Waals surface area contributed by atoms with Crippen LogP contribution in [0.5, 0.6) is 0 Å². The second kappa shape index (κ2) is 8.32. The van der Waals surface area contributed by atoms with Crippen molar-refractivity contribution in [1.82, 2.24) is 14.1 Å². The van der Waals surface area contributed by atoms with Gasteiger partial charge < -0.3 is 9.73 Å². The van der Waals surface area contributed by atoms with Crippen molar-refractivity contribution in [2.45, 2.75) is 13.1 Å². The van der Waals surface area contributed by atoms with E-state index >= 15 is 0 Å². The Morgan fingerprint density at radius 2 is 2.00 bits per heavy atom. The standard InChI is InChI=1S/C20H15ClF2N4O4S/c1-26-17(29)15-12(16(21)31-18(15)27(2)20(26)30)6-14(28)25-19-24-13(8-32-19)10-3-9(7-22)4-11(23)5-10/h3-5,8H,6-7H2,1-2H3,(H,24,25,28). The van der Waals surface area contributed by atoms with Crippen LogP contribution < -0.4 is 16.6 Å². The van der Waals surface area contributed by atoms with Gasteiger partial charge in [0.2, 0.25) is 16.8 Å². The van der Waals surface area contributed by atoms with Gasteiger partial charge in [0.15, 0.2) is 5.13 Å². The van der Waals surface area contributed by atoms with E-state index < -0.39 is 29.6 Å². The van der Waals surface area contributed by atoms with Crippen molar-refractivity contribution in [2.75, 3.05) is 5.32 Å². The number of fused-ring (bicyclic) bond motifs is 1. The smallest absolute Gasteiger partial charge is 0.333 e. The Hall–Kier alpha value is -3.31. The zero-order valence-corrected chi connectivity index (χ0v) is 18.3. The van der Waals surface area contributed by atoms with Crippen molar-refractivity contribution in [2.24, 2.45) is 14.1 Å². The number of halogens is 3. The predicted molar refractivity (Wildman–Crippen MR) is 116 cm³/mol. The molecule has 0 aliphatic heterocycles. The first-order valence-corrected chi connectivity index (χ1v) is 10.4. The Labute approximate surface area is 187 Å². The minimum atomic E-state index is -0.817. The summed E-state index contributed by atoms with van der Waals surface area (Å²) in [6, 6.07) is 3.79. The number of carbonyl (C=O) groups excluding carboxylic acids is 1. The van der Waals surface area contributed by atoms with Crippen LogP contribution in [0.15, 0.2) is 37.6 Å². The second-order valence-corrected chi connectivity index (χ2v) is 8.19. The minimum Gasteiger partial charge on any atom is -0.427 e. The molecule has 0 unspecified atom stereocenters. The van der Waals surface area contributed by atoms with Crippen LogP contribution in [-0.4, -0.2) is 20.0 Å². The third-order valence-electron chi connectivity index (χ3n) is 4.83. The summed E-state index contributed by atoms with van der Waals surface area (Å²) in [5.74, 6) is -1.12. The molecule has 1 aromatic carbocycles. The molecule has 0 bridgehead atoms. The molecule has 0 aliphatic rings. The quantitative estimate of drug-likeness (QED) is 0.472. The van der Waals surface area contributed by atoms with Gasteiger partial charge in [-0.05, 0) is 35.4 Å². The number of rotatable bonds is 5. The van der Waals surface area contributed by atoms with Crippen LogP contribution in [0, 0.1) is 5.82 Å². The third-order valence-corrected chi connectivity index (χ3v) is 5.89. The summed E-state index contributed by atoms with van der Waals surface area (Å²) in [5.41, 5.74) is -0.184. The molecule has 1 N–H and O–H groups in total. The maximum atomic E-state index is 13.7. The van der Waals surface area contributed by atoms with Gasteiger partial charge in [0.25, 0.3) is 5.56 Å². The summed E-state index contributed by atoms with van der Waals surface area (Å²) in [7, 11) is 2.73. The molecule has 1 amide bonds. The first-order valence-electron chi connectivity index (χ1n) is 9.17. The van der Waals surface area contributed by atoms with Crippen LogP contribution in [0.4, 0.5) is 13.9 Å². The van der Waals surface area contributed by atoms with Gasteiger partial charge in [-0.15, -0.1) is 11.3 Å². The lowest BCUT2D eigenvalue weighted by Crippen LogP contribution is -2.36. The second-order valence-electron chi connectivity index (χ2n) is 6.98. The molecule has 12 heteroatoms. The van der Waals surface area contributed by atoms with Crippen molar-refractivity contribution in [3.05, 3.63) is 66.6 Å². The number of alkyl halides is 1. The van der Waals surface area contributed by atoms with Crippen LogP contribution >= 0.6 is 22.9 Å². The number of aromatic nitrogens is 3. The topological polar surface area (TPSA) is 99.1 Å². The fraction of sp³-hybridized carbons (Fsp3) is 0.200. The van der Waals surface area contributed by atoms with Gasteiger partial charge in [0.1, 0.15) is 17.9 Å². The Morgan fingerprint density at radius 3 is 2.72 bits per heavy atom. The lowest BCUT2D eigenvalue weighted by molar-refractivity contribution is -0.115. The number of nitrogens with one attached hydrogen (secondary N) is 1. The fourth-order valence-corrected chi connectivity index (χ4v) is 4.24. The number of thiazole rings is 1. The molecule has 0 atom stereocenters. The van der Waals surface area contributed by atoms with Gasteiger partial charge in [-0.1, -0.05) is 0 Å². The molecular weight excluding hydrogens is 466 g/mol. The fourth-order valence-electron chi connectivity index (χ4n) is 3.27. The molecule has 0 fully saturated rings. The van der Waals surface area contributed by atoms with Crippen LogP contribution in [0.2, 0.25) is 5.22 Å². The van der Waals surface area contributed by atoms with E-state index in [-0.39, 0.29) is 39.0 Å². The Kier molecular flexibility index (Phi) is 5.70. The number of hydrogen-bond acceptors (Lipinski definition) is 6. The zero-order chi connectivity index (χ0) is 23.2. The van der Waals surface area contributed by atoms with Crippen LogP contribution in [0.3, 0.4) is 0 Å². The highest BCUT2D eigenvalue weighted by Crippen LogP contribution is 2.29. The van der Waals surface area contributed by atoms with Crippen molar-refractivity contribution in [3.8, 4) is 11.3 Å². The van der Waals surface area contributed by atoms with Crippen LogP contribution in [0.25, 0.3) is 22.4 Å². The summed E-state index contributed by atoms with van der Waals surface area (Å²) in [6.45, 7) is -0.817. The molecule has 0 radical (unpaired) electrons. The monoisotopic (exact) mass is 480 g/mol. The molecule has 3 heterocycles. The SMILES string of the molecule is Cn1c(=O)c2c(CC(=O)Nc3nc(-c4cc(F)cc(CF)c4)cs3)c(Cl)oc2n(C)c1=O. The number of anilines is 1. The number of benzene rings is 1. The Balaban J connectivity index is 1.60. The van der Waals surface area contributed by atoms with Gasteiger partial charge in [0, 0.05) is 30.6 Å². The van der Waals surface area contributed by atoms with E-state index in [1.54, 1.807) is 5.38 Å². The number of aryl methyl sites for hydroxylation is 1. The van der Waals surface area contributed by atoms with Crippen molar-refractivity contribution in [1.29, 1.82) is 0 Å². The summed E-state index contributed by atoms with van der Waals surface area (Å²) >= 11 is 7.20. The first-order chi connectivity index (χ1) is 15.2. The largest absolute Gasteiger partial charge is 0.427 e. The average molecular weight is 481 g/mol. The summed E-state index contributed by atoms with van der Waals surface area (Å²) in [6.07, 6.45) is -0.305. The lowest BCUT2D eigenvalue weighted by Gasteiger charge is -2.04. The summed E-state index contributed by atoms with van der Waals surface area (Å²) in [5, 5.41) is 4.27. The molecular formula is C20H15ClF2N4O4S. The van der Waals surface area contributed by atoms with Gasteiger partial charge >= 0.3 is 5.69 Å². The Morgan fingerprint density at radius 1 is 1.25 bits per heavy atom. The maximum Gasteiger partial charge on any atom is 0.333 e. The van der Waals surface area contributed by atoms with E-state index in [0.717, 1.165) is 26.5 Å². The van der Waals surface area contributed by atoms with Gasteiger partial charge in [-0.25, -0.2) is 18.6 Å². The third kappa shape index (κ3) is 3.84. The van der Waals surface area contributed by atoms with E-state index in [9.17, 15) is 23.2 Å². The van der Waals surface area contributed by atoms with Gasteiger partial charge in [0.05, 0.1) is 12.1 Å². The van der Waals surface area contributed by atoms with E-state index in [2.05, 4.69) is 10.3 Å². The van der Waals surface area contributed by atoms with Crippen molar-refractivity contribution in [3.63, 3.8) is 0 Å². The molecule has 0 saturated heterocycles. The summed E-state index contributed by atoms with van der Waals surface area (Å²) < 4.78 is 33.9. The van der Waals surface area contributed by atoms with E-state index in [0.29, 0.717) is 11.3 Å². The zero-order valence-electron chi connectivity index (χ0n) is 16.7. The highest BCUT2D eigenvalue weighted by Gasteiger charge is 2.23. The number of amides is 1. The highest BCUT2D eigenvalue weighted by atomic mass is 35.5. The molecule has 4 rings (SSSR count). The molecule has 0 aliphatic carbocycles. The molecule has 0 spiro atoms. The molecule has 166 valence electrons.